The third kappa shape index (κ3) is 3.81. The first-order chi connectivity index (χ1) is 10.7. The molecule has 1 amide bonds. The molecule has 0 saturated carbocycles. The van der Waals surface area contributed by atoms with Gasteiger partial charge in [-0.15, -0.1) is 0 Å². The van der Waals surface area contributed by atoms with Crippen LogP contribution in [-0.4, -0.2) is 18.2 Å². The van der Waals surface area contributed by atoms with E-state index in [0.717, 1.165) is 19.3 Å². The highest BCUT2D eigenvalue weighted by Crippen LogP contribution is 2.12. The minimum absolute atomic E-state index is 0.0824. The van der Waals surface area contributed by atoms with Crippen LogP contribution < -0.4 is 10.9 Å². The van der Waals surface area contributed by atoms with Crippen LogP contribution in [0.15, 0.2) is 39.5 Å². The molecule has 22 heavy (non-hydrogen) atoms. The van der Waals surface area contributed by atoms with Crippen molar-refractivity contribution in [3.63, 3.8) is 0 Å². The van der Waals surface area contributed by atoms with E-state index in [2.05, 4.69) is 12.2 Å². The van der Waals surface area contributed by atoms with Crippen LogP contribution in [0.4, 0.5) is 0 Å². The maximum Gasteiger partial charge on any atom is 0.349 e. The molecule has 116 valence electrons. The molecule has 1 unspecified atom stereocenters. The molecule has 5 nitrogen and oxygen atoms in total. The van der Waals surface area contributed by atoms with E-state index in [9.17, 15) is 14.4 Å². The first kappa shape index (κ1) is 15.9. The average Bonchev–Trinajstić information content (AvgIpc) is 2.53. The lowest BCUT2D eigenvalue weighted by molar-refractivity contribution is -0.109. The van der Waals surface area contributed by atoms with Crippen molar-refractivity contribution in [2.75, 3.05) is 0 Å². The highest BCUT2D eigenvalue weighted by atomic mass is 16.4. The molecule has 2 rings (SSSR count). The van der Waals surface area contributed by atoms with E-state index in [-0.39, 0.29) is 5.56 Å². The Kier molecular flexibility index (Phi) is 5.47. The number of amides is 1. The molecule has 0 aliphatic heterocycles. The summed E-state index contributed by atoms with van der Waals surface area (Å²) < 4.78 is 5.12. The molecule has 0 bridgehead atoms. The quantitative estimate of drug-likeness (QED) is 0.484. The summed E-state index contributed by atoms with van der Waals surface area (Å²) in [4.78, 5) is 35.1. The Morgan fingerprint density at radius 3 is 2.82 bits per heavy atom. The number of nitrogens with one attached hydrogen (secondary N) is 1. The van der Waals surface area contributed by atoms with Crippen LogP contribution in [0, 0.1) is 0 Å². The van der Waals surface area contributed by atoms with Crippen molar-refractivity contribution in [3.05, 3.63) is 46.3 Å². The fourth-order valence-electron chi connectivity index (χ4n) is 2.25. The molecule has 0 aliphatic carbocycles. The Labute approximate surface area is 128 Å². The molecule has 1 atom stereocenters. The highest BCUT2D eigenvalue weighted by molar-refractivity contribution is 5.97. The molecule has 5 heteroatoms. The first-order valence-electron chi connectivity index (χ1n) is 7.44. The third-order valence-electron chi connectivity index (χ3n) is 3.49. The van der Waals surface area contributed by atoms with Crippen molar-refractivity contribution in [2.45, 2.75) is 38.6 Å². The molecular formula is C17H19NO4. The standard InChI is InChI=1S/C17H19NO4/c1-2-3-4-8-13(11-19)18-16(20)14-10-12-7-5-6-9-15(12)22-17(14)21/h5-7,9-11,13H,2-4,8H2,1H3,(H,18,20). The van der Waals surface area contributed by atoms with Crippen LogP contribution in [0.25, 0.3) is 11.0 Å². The number of benzene rings is 1. The molecule has 1 heterocycles. The van der Waals surface area contributed by atoms with E-state index in [1.165, 1.54) is 6.07 Å². The van der Waals surface area contributed by atoms with Crippen LogP contribution >= 0.6 is 0 Å². The Balaban J connectivity index is 2.16. The van der Waals surface area contributed by atoms with Gasteiger partial charge in [0.25, 0.3) is 5.91 Å². The van der Waals surface area contributed by atoms with Crippen molar-refractivity contribution >= 4 is 23.2 Å². The molecule has 1 N–H and O–H groups in total. The molecule has 0 radical (unpaired) electrons. The zero-order valence-corrected chi connectivity index (χ0v) is 12.5. The molecule has 2 aromatic rings. The highest BCUT2D eigenvalue weighted by Gasteiger charge is 2.17. The lowest BCUT2D eigenvalue weighted by atomic mass is 10.1. The van der Waals surface area contributed by atoms with Crippen LogP contribution in [0.5, 0.6) is 0 Å². The maximum absolute atomic E-state index is 12.2. The van der Waals surface area contributed by atoms with Gasteiger partial charge >= 0.3 is 5.63 Å². The van der Waals surface area contributed by atoms with Gasteiger partial charge in [0.1, 0.15) is 17.4 Å². The van der Waals surface area contributed by atoms with Crippen molar-refractivity contribution in [1.29, 1.82) is 0 Å². The van der Waals surface area contributed by atoms with E-state index in [0.29, 0.717) is 23.7 Å². The smallest absolute Gasteiger partial charge is 0.349 e. The number of fused-ring (bicyclic) bond motifs is 1. The number of rotatable bonds is 7. The van der Waals surface area contributed by atoms with E-state index < -0.39 is 17.6 Å². The third-order valence-corrected chi connectivity index (χ3v) is 3.49. The van der Waals surface area contributed by atoms with Gasteiger partial charge in [-0.25, -0.2) is 4.79 Å². The van der Waals surface area contributed by atoms with Gasteiger partial charge in [0.2, 0.25) is 0 Å². The number of para-hydroxylation sites is 1. The van der Waals surface area contributed by atoms with Crippen LogP contribution in [-0.2, 0) is 4.79 Å². The summed E-state index contributed by atoms with van der Waals surface area (Å²) in [5.74, 6) is -0.576. The summed E-state index contributed by atoms with van der Waals surface area (Å²) in [7, 11) is 0. The zero-order chi connectivity index (χ0) is 15.9. The first-order valence-corrected chi connectivity index (χ1v) is 7.44. The Morgan fingerprint density at radius 1 is 1.32 bits per heavy atom. The van der Waals surface area contributed by atoms with Gasteiger partial charge in [-0.05, 0) is 18.6 Å². The Hall–Kier alpha value is -2.43. The predicted molar refractivity (Wildman–Crippen MR) is 83.9 cm³/mol. The second-order valence-electron chi connectivity index (χ2n) is 5.20. The largest absolute Gasteiger partial charge is 0.422 e. The van der Waals surface area contributed by atoms with Crippen molar-refractivity contribution in [3.8, 4) is 0 Å². The van der Waals surface area contributed by atoms with Crippen LogP contribution in [0.3, 0.4) is 0 Å². The van der Waals surface area contributed by atoms with Crippen molar-refractivity contribution < 1.29 is 14.0 Å². The summed E-state index contributed by atoms with van der Waals surface area (Å²) >= 11 is 0. The molecule has 0 fully saturated rings. The molecule has 0 aliphatic rings. The lowest BCUT2D eigenvalue weighted by Crippen LogP contribution is -2.38. The molecule has 1 aromatic carbocycles. The Bertz CT molecular complexity index is 720. The number of hydrogen-bond acceptors (Lipinski definition) is 4. The zero-order valence-electron chi connectivity index (χ0n) is 12.5. The van der Waals surface area contributed by atoms with Gasteiger partial charge in [-0.2, -0.15) is 0 Å². The predicted octanol–water partition coefficient (Wildman–Crippen LogP) is 2.67. The van der Waals surface area contributed by atoms with E-state index in [1.807, 2.05) is 0 Å². The summed E-state index contributed by atoms with van der Waals surface area (Å²) in [5, 5.41) is 3.25. The number of aldehydes is 1. The molecule has 0 spiro atoms. The summed E-state index contributed by atoms with van der Waals surface area (Å²) in [6.07, 6.45) is 4.16. The minimum Gasteiger partial charge on any atom is -0.422 e. The summed E-state index contributed by atoms with van der Waals surface area (Å²) in [6, 6.07) is 7.88. The average molecular weight is 301 g/mol. The van der Waals surface area contributed by atoms with E-state index >= 15 is 0 Å². The van der Waals surface area contributed by atoms with E-state index in [1.54, 1.807) is 24.3 Å². The maximum atomic E-state index is 12.2. The summed E-state index contributed by atoms with van der Waals surface area (Å²) in [6.45, 7) is 2.06. The van der Waals surface area contributed by atoms with Gasteiger partial charge < -0.3 is 14.5 Å². The minimum atomic E-state index is -0.700. The van der Waals surface area contributed by atoms with Gasteiger partial charge in [-0.3, -0.25) is 4.79 Å². The lowest BCUT2D eigenvalue weighted by Gasteiger charge is -2.12. The topological polar surface area (TPSA) is 76.4 Å². The fourth-order valence-corrected chi connectivity index (χ4v) is 2.25. The van der Waals surface area contributed by atoms with Gasteiger partial charge in [0.15, 0.2) is 0 Å². The number of carbonyl (C=O) groups excluding carboxylic acids is 2. The normalized spacial score (nSPS) is 12.0. The molecule has 0 saturated heterocycles. The van der Waals surface area contributed by atoms with Gasteiger partial charge in [-0.1, -0.05) is 44.4 Å². The second-order valence-corrected chi connectivity index (χ2v) is 5.20. The van der Waals surface area contributed by atoms with Gasteiger partial charge in [0, 0.05) is 5.39 Å². The summed E-state index contributed by atoms with van der Waals surface area (Å²) in [5.41, 5.74) is -0.352. The number of hydrogen-bond donors (Lipinski definition) is 1. The van der Waals surface area contributed by atoms with Crippen LogP contribution in [0.2, 0.25) is 0 Å². The van der Waals surface area contributed by atoms with Crippen molar-refractivity contribution in [1.82, 2.24) is 5.32 Å². The van der Waals surface area contributed by atoms with E-state index in [4.69, 9.17) is 4.42 Å². The second kappa shape index (κ2) is 7.54. The van der Waals surface area contributed by atoms with Gasteiger partial charge in [0.05, 0.1) is 6.04 Å². The van der Waals surface area contributed by atoms with Crippen LogP contribution in [0.1, 0.15) is 43.0 Å². The van der Waals surface area contributed by atoms with Crippen molar-refractivity contribution in [2.24, 2.45) is 0 Å². The Morgan fingerprint density at radius 2 is 2.09 bits per heavy atom. The number of unbranched alkanes of at least 4 members (excludes halogenated alkanes) is 2. The SMILES string of the molecule is CCCCCC(C=O)NC(=O)c1cc2ccccc2oc1=O. The number of carbonyl (C=O) groups is 2. The molecular weight excluding hydrogens is 282 g/mol. The monoisotopic (exact) mass is 301 g/mol. The molecule has 1 aromatic heterocycles. The fraction of sp³-hybridized carbons (Fsp3) is 0.353.